The van der Waals surface area contributed by atoms with Crippen molar-refractivity contribution in [2.75, 3.05) is 5.75 Å². The molecule has 4 aromatic rings. The minimum absolute atomic E-state index is 0.128. The molecule has 0 unspecified atom stereocenters. The summed E-state index contributed by atoms with van der Waals surface area (Å²) >= 11 is 1.48. The van der Waals surface area contributed by atoms with Crippen LogP contribution >= 0.6 is 11.8 Å². The van der Waals surface area contributed by atoms with E-state index in [0.29, 0.717) is 11.6 Å². The number of para-hydroxylation sites is 1. The molecule has 0 aliphatic carbocycles. The quantitative estimate of drug-likeness (QED) is 0.184. The number of fused-ring (bicyclic) bond motifs is 1. The van der Waals surface area contributed by atoms with Crippen molar-refractivity contribution in [1.29, 1.82) is 0 Å². The lowest BCUT2D eigenvalue weighted by molar-refractivity contribution is 0.102. The van der Waals surface area contributed by atoms with Crippen LogP contribution in [0.2, 0.25) is 0 Å². The number of carbonyl (C=O) groups is 1. The average Bonchev–Trinajstić information content (AvgIpc) is 2.82. The zero-order chi connectivity index (χ0) is 22.7. The number of benzene rings is 3. The molecular formula is C28H26N2OS. The van der Waals surface area contributed by atoms with Crippen LogP contribution in [0.5, 0.6) is 0 Å². The number of aryl methyl sites for hydroxylation is 1. The first-order valence-electron chi connectivity index (χ1n) is 10.7. The Labute approximate surface area is 193 Å². The number of rotatable bonds is 6. The minimum Gasteiger partial charge on any atom is -0.293 e. The molecule has 3 nitrogen and oxygen atoms in total. The summed E-state index contributed by atoms with van der Waals surface area (Å²) in [6, 6.07) is 20.1. The molecule has 0 radical (unpaired) electrons. The fourth-order valence-corrected chi connectivity index (χ4v) is 4.61. The molecule has 0 spiro atoms. The first-order chi connectivity index (χ1) is 15.4. The molecule has 0 amide bonds. The first kappa shape index (κ1) is 22.0. The predicted molar refractivity (Wildman–Crippen MR) is 135 cm³/mol. The van der Waals surface area contributed by atoms with E-state index >= 15 is 0 Å². The summed E-state index contributed by atoms with van der Waals surface area (Å²) in [5.41, 5.74) is 7.45. The molecule has 0 aliphatic rings. The second-order valence-electron chi connectivity index (χ2n) is 7.98. The van der Waals surface area contributed by atoms with Gasteiger partial charge < -0.3 is 0 Å². The lowest BCUT2D eigenvalue weighted by atomic mass is 9.93. The molecule has 1 heterocycles. The van der Waals surface area contributed by atoms with Gasteiger partial charge in [0.2, 0.25) is 0 Å². The first-order valence-corrected chi connectivity index (χ1v) is 11.7. The minimum atomic E-state index is 0.128. The van der Waals surface area contributed by atoms with Crippen molar-refractivity contribution in [3.8, 4) is 0 Å². The van der Waals surface area contributed by atoms with Crippen LogP contribution < -0.4 is 0 Å². The Hall–Kier alpha value is -3.24. The Morgan fingerprint density at radius 2 is 1.56 bits per heavy atom. The summed E-state index contributed by atoms with van der Waals surface area (Å²) < 4.78 is 0. The highest BCUT2D eigenvalue weighted by Gasteiger charge is 2.16. The van der Waals surface area contributed by atoms with Gasteiger partial charge in [-0.1, -0.05) is 66.4 Å². The summed E-state index contributed by atoms with van der Waals surface area (Å²) in [6.45, 7) is 8.30. The van der Waals surface area contributed by atoms with Gasteiger partial charge in [-0.25, -0.2) is 9.97 Å². The SMILES string of the molecule is Cc1cc(C(=O)CSc2nc(/C=C/c3ccccc3)nc3ccccc23)c(C)c(C)c1C. The third-order valence-electron chi connectivity index (χ3n) is 5.93. The van der Waals surface area contributed by atoms with Crippen LogP contribution in [0.1, 0.15) is 44.0 Å². The molecule has 0 atom stereocenters. The van der Waals surface area contributed by atoms with Crippen molar-refractivity contribution in [3.63, 3.8) is 0 Å². The molecule has 0 aliphatic heterocycles. The van der Waals surface area contributed by atoms with Gasteiger partial charge in [-0.05, 0) is 73.7 Å². The molecule has 4 rings (SSSR count). The summed E-state index contributed by atoms with van der Waals surface area (Å²) in [6.07, 6.45) is 3.93. The highest BCUT2D eigenvalue weighted by Crippen LogP contribution is 2.28. The summed E-state index contributed by atoms with van der Waals surface area (Å²) in [5, 5.41) is 1.80. The average molecular weight is 439 g/mol. The highest BCUT2D eigenvalue weighted by molar-refractivity contribution is 8.00. The van der Waals surface area contributed by atoms with Gasteiger partial charge in [0.15, 0.2) is 11.6 Å². The standard InChI is InChI=1S/C28H26N2OS/c1-18-16-24(21(4)20(3)19(18)2)26(31)17-32-28-23-12-8-9-13-25(23)29-27(30-28)15-14-22-10-6-5-7-11-22/h5-16H,17H2,1-4H3/b15-14+. The molecule has 1 aromatic heterocycles. The van der Waals surface area contributed by atoms with Crippen molar-refractivity contribution in [1.82, 2.24) is 9.97 Å². The number of nitrogens with zero attached hydrogens (tertiary/aromatic N) is 2. The van der Waals surface area contributed by atoms with Gasteiger partial charge in [0.05, 0.1) is 11.3 Å². The molecule has 0 saturated heterocycles. The van der Waals surface area contributed by atoms with Gasteiger partial charge in [-0.2, -0.15) is 0 Å². The number of ketones is 1. The summed E-state index contributed by atoms with van der Waals surface area (Å²) in [5.74, 6) is 1.11. The van der Waals surface area contributed by atoms with E-state index in [1.54, 1.807) is 0 Å². The van der Waals surface area contributed by atoms with Crippen LogP contribution in [0.25, 0.3) is 23.1 Å². The fraction of sp³-hybridized carbons (Fsp3) is 0.179. The van der Waals surface area contributed by atoms with E-state index in [-0.39, 0.29) is 5.78 Å². The van der Waals surface area contributed by atoms with E-state index in [4.69, 9.17) is 4.98 Å². The molecule has 160 valence electrons. The van der Waals surface area contributed by atoms with Crippen LogP contribution in [0.3, 0.4) is 0 Å². The van der Waals surface area contributed by atoms with Crippen LogP contribution in [-0.4, -0.2) is 21.5 Å². The van der Waals surface area contributed by atoms with Crippen molar-refractivity contribution in [2.45, 2.75) is 32.7 Å². The van der Waals surface area contributed by atoms with Gasteiger partial charge in [0.1, 0.15) is 5.03 Å². The maximum Gasteiger partial charge on any atom is 0.173 e. The Bertz CT molecular complexity index is 1330. The Morgan fingerprint density at radius 3 is 2.34 bits per heavy atom. The summed E-state index contributed by atoms with van der Waals surface area (Å²) in [7, 11) is 0. The van der Waals surface area contributed by atoms with Crippen molar-refractivity contribution >= 4 is 40.6 Å². The predicted octanol–water partition coefficient (Wildman–Crippen LogP) is 7.01. The van der Waals surface area contributed by atoms with Crippen molar-refractivity contribution in [3.05, 3.63) is 99.9 Å². The number of thioether (sulfide) groups is 1. The monoisotopic (exact) mass is 438 g/mol. The maximum absolute atomic E-state index is 13.1. The maximum atomic E-state index is 13.1. The second kappa shape index (κ2) is 9.49. The van der Waals surface area contributed by atoms with Crippen LogP contribution in [0.4, 0.5) is 0 Å². The smallest absolute Gasteiger partial charge is 0.173 e. The third kappa shape index (κ3) is 4.66. The topological polar surface area (TPSA) is 42.9 Å². The van der Waals surface area contributed by atoms with E-state index in [0.717, 1.165) is 38.2 Å². The highest BCUT2D eigenvalue weighted by atomic mass is 32.2. The van der Waals surface area contributed by atoms with Gasteiger partial charge >= 0.3 is 0 Å². The molecule has 0 bridgehead atoms. The van der Waals surface area contributed by atoms with Crippen LogP contribution in [0.15, 0.2) is 65.7 Å². The molecule has 4 heteroatoms. The Balaban J connectivity index is 1.63. The zero-order valence-corrected chi connectivity index (χ0v) is 19.7. The lowest BCUT2D eigenvalue weighted by Gasteiger charge is -2.13. The largest absolute Gasteiger partial charge is 0.293 e. The number of Topliss-reactive ketones (excluding diaryl/α,β-unsaturated/α-hetero) is 1. The molecule has 0 fully saturated rings. The molecule has 3 aromatic carbocycles. The zero-order valence-electron chi connectivity index (χ0n) is 18.8. The molecule has 0 saturated carbocycles. The molecular weight excluding hydrogens is 412 g/mol. The van der Waals surface area contributed by atoms with Crippen molar-refractivity contribution in [2.24, 2.45) is 0 Å². The van der Waals surface area contributed by atoms with Crippen molar-refractivity contribution < 1.29 is 4.79 Å². The van der Waals surface area contributed by atoms with Crippen LogP contribution in [0, 0.1) is 27.7 Å². The fourth-order valence-electron chi connectivity index (χ4n) is 3.70. The Kier molecular flexibility index (Phi) is 6.52. The van der Waals surface area contributed by atoms with E-state index < -0.39 is 0 Å². The number of hydrogen-bond donors (Lipinski definition) is 0. The molecule has 0 N–H and O–H groups in total. The van der Waals surface area contributed by atoms with E-state index in [2.05, 4.69) is 25.8 Å². The number of aromatic nitrogens is 2. The lowest BCUT2D eigenvalue weighted by Crippen LogP contribution is -2.08. The number of hydrogen-bond acceptors (Lipinski definition) is 4. The summed E-state index contributed by atoms with van der Waals surface area (Å²) in [4.78, 5) is 22.6. The van der Waals surface area contributed by atoms with Gasteiger partial charge in [0, 0.05) is 10.9 Å². The number of carbonyl (C=O) groups excluding carboxylic acids is 1. The third-order valence-corrected chi connectivity index (χ3v) is 6.92. The van der Waals surface area contributed by atoms with Crippen LogP contribution in [-0.2, 0) is 0 Å². The van der Waals surface area contributed by atoms with E-state index in [1.165, 1.54) is 22.9 Å². The Morgan fingerprint density at radius 1 is 0.844 bits per heavy atom. The van der Waals surface area contributed by atoms with Gasteiger partial charge in [-0.15, -0.1) is 0 Å². The normalized spacial score (nSPS) is 11.4. The molecule has 32 heavy (non-hydrogen) atoms. The second-order valence-corrected chi connectivity index (χ2v) is 8.94. The van der Waals surface area contributed by atoms with E-state index in [1.807, 2.05) is 79.7 Å². The van der Waals surface area contributed by atoms with Gasteiger partial charge in [-0.3, -0.25) is 4.79 Å². The van der Waals surface area contributed by atoms with E-state index in [9.17, 15) is 4.79 Å². The van der Waals surface area contributed by atoms with Gasteiger partial charge in [0.25, 0.3) is 0 Å².